The van der Waals surface area contributed by atoms with Crippen molar-refractivity contribution in [1.29, 1.82) is 0 Å². The first-order chi connectivity index (χ1) is 9.79. The van der Waals surface area contributed by atoms with E-state index in [-0.39, 0.29) is 11.3 Å². The van der Waals surface area contributed by atoms with Crippen molar-refractivity contribution in [3.05, 3.63) is 39.8 Å². The van der Waals surface area contributed by atoms with Gasteiger partial charge in [-0.25, -0.2) is 0 Å². The second kappa shape index (κ2) is 5.99. The van der Waals surface area contributed by atoms with Crippen LogP contribution in [0.15, 0.2) is 23.7 Å². The quantitative estimate of drug-likeness (QED) is 0.888. The number of nitrogens with two attached hydrogens (primary N) is 1. The number of carbonyl (C=O) groups excluding carboxylic acids is 1. The van der Waals surface area contributed by atoms with Crippen molar-refractivity contribution in [2.45, 2.75) is 38.8 Å². The Morgan fingerprint density at radius 2 is 2.24 bits per heavy atom. The number of primary amides is 1. The molecule has 0 aliphatic rings. The molecule has 0 saturated heterocycles. The molecule has 0 saturated carbocycles. The van der Waals surface area contributed by atoms with Gasteiger partial charge in [0.15, 0.2) is 0 Å². The van der Waals surface area contributed by atoms with Crippen molar-refractivity contribution in [2.24, 2.45) is 12.8 Å². The van der Waals surface area contributed by atoms with E-state index in [9.17, 15) is 4.79 Å². The van der Waals surface area contributed by atoms with Gasteiger partial charge in [0.2, 0.25) is 5.91 Å². The minimum atomic E-state index is -0.532. The summed E-state index contributed by atoms with van der Waals surface area (Å²) in [5.41, 5.74) is 7.20. The number of aromatic nitrogens is 2. The van der Waals surface area contributed by atoms with Gasteiger partial charge in [-0.2, -0.15) is 5.10 Å². The molecule has 21 heavy (non-hydrogen) atoms. The minimum absolute atomic E-state index is 0.144. The van der Waals surface area contributed by atoms with Crippen LogP contribution < -0.4 is 11.1 Å². The Balaban J connectivity index is 2.28. The maximum Gasteiger partial charge on any atom is 0.239 e. The van der Waals surface area contributed by atoms with Crippen LogP contribution in [0.1, 0.15) is 42.9 Å². The number of rotatable bonds is 5. The van der Waals surface area contributed by atoms with E-state index in [4.69, 9.17) is 5.73 Å². The van der Waals surface area contributed by atoms with Gasteiger partial charge in [0.25, 0.3) is 0 Å². The normalized spacial score (nSPS) is 13.3. The number of hydrogen-bond acceptors (Lipinski definition) is 4. The third kappa shape index (κ3) is 3.71. The molecule has 0 aromatic carbocycles. The fourth-order valence-electron chi connectivity index (χ4n) is 2.28. The summed E-state index contributed by atoms with van der Waals surface area (Å²) in [5, 5.41) is 9.76. The van der Waals surface area contributed by atoms with Gasteiger partial charge in [0.1, 0.15) is 6.04 Å². The second-order valence-corrected chi connectivity index (χ2v) is 7.18. The van der Waals surface area contributed by atoms with Crippen molar-refractivity contribution in [3.8, 4) is 0 Å². The van der Waals surface area contributed by atoms with Gasteiger partial charge in [-0.1, -0.05) is 26.8 Å². The molecule has 2 rings (SSSR count). The largest absolute Gasteiger partial charge is 0.368 e. The highest BCUT2D eigenvalue weighted by Gasteiger charge is 2.29. The molecule has 2 aromatic rings. The number of nitrogens with one attached hydrogen (secondary N) is 1. The molecule has 1 amide bonds. The Labute approximate surface area is 129 Å². The molecule has 0 aliphatic heterocycles. The van der Waals surface area contributed by atoms with Crippen LogP contribution in [0.5, 0.6) is 0 Å². The molecular formula is C15H22N4OS. The number of carbonyl (C=O) groups is 1. The topological polar surface area (TPSA) is 72.9 Å². The van der Waals surface area contributed by atoms with Crippen molar-refractivity contribution in [2.75, 3.05) is 0 Å². The third-order valence-corrected chi connectivity index (χ3v) is 4.10. The van der Waals surface area contributed by atoms with Gasteiger partial charge >= 0.3 is 0 Å². The van der Waals surface area contributed by atoms with Gasteiger partial charge < -0.3 is 5.73 Å². The number of amides is 1. The molecule has 1 atom stereocenters. The lowest BCUT2D eigenvalue weighted by molar-refractivity contribution is -0.120. The van der Waals surface area contributed by atoms with Crippen LogP contribution in [-0.4, -0.2) is 15.7 Å². The van der Waals surface area contributed by atoms with Crippen LogP contribution in [0.2, 0.25) is 0 Å². The zero-order valence-electron chi connectivity index (χ0n) is 12.9. The summed E-state index contributed by atoms with van der Waals surface area (Å²) in [4.78, 5) is 13.0. The molecule has 2 aromatic heterocycles. The van der Waals surface area contributed by atoms with Crippen molar-refractivity contribution < 1.29 is 4.79 Å². The highest BCUT2D eigenvalue weighted by Crippen LogP contribution is 2.28. The van der Waals surface area contributed by atoms with Gasteiger partial charge in [-0.15, -0.1) is 11.3 Å². The monoisotopic (exact) mass is 306 g/mol. The summed E-state index contributed by atoms with van der Waals surface area (Å²) < 4.78 is 1.73. The zero-order chi connectivity index (χ0) is 15.6. The summed E-state index contributed by atoms with van der Waals surface area (Å²) >= 11 is 1.65. The van der Waals surface area contributed by atoms with E-state index >= 15 is 0 Å². The predicted molar refractivity (Wildman–Crippen MR) is 85.0 cm³/mol. The molecule has 0 aliphatic carbocycles. The number of nitrogens with zero attached hydrogens (tertiary/aromatic N) is 2. The van der Waals surface area contributed by atoms with Crippen molar-refractivity contribution >= 4 is 17.2 Å². The summed E-state index contributed by atoms with van der Waals surface area (Å²) in [6.07, 6.45) is 1.87. The Morgan fingerprint density at radius 1 is 1.52 bits per heavy atom. The van der Waals surface area contributed by atoms with E-state index in [1.165, 1.54) is 4.88 Å². The molecular weight excluding hydrogens is 284 g/mol. The Morgan fingerprint density at radius 3 is 2.76 bits per heavy atom. The molecule has 2 heterocycles. The van der Waals surface area contributed by atoms with Crippen LogP contribution >= 0.6 is 11.3 Å². The van der Waals surface area contributed by atoms with E-state index in [0.717, 1.165) is 11.3 Å². The molecule has 0 spiro atoms. The van der Waals surface area contributed by atoms with E-state index in [1.807, 2.05) is 30.8 Å². The van der Waals surface area contributed by atoms with Crippen LogP contribution in [0.25, 0.3) is 0 Å². The van der Waals surface area contributed by atoms with Crippen molar-refractivity contribution in [1.82, 2.24) is 15.1 Å². The molecule has 1 unspecified atom stereocenters. The lowest BCUT2D eigenvalue weighted by Gasteiger charge is -2.21. The second-order valence-electron chi connectivity index (χ2n) is 6.15. The molecule has 6 heteroatoms. The van der Waals surface area contributed by atoms with Crippen LogP contribution in [0.4, 0.5) is 0 Å². The van der Waals surface area contributed by atoms with Crippen LogP contribution in [0, 0.1) is 0 Å². The van der Waals surface area contributed by atoms with Crippen LogP contribution in [-0.2, 0) is 23.8 Å². The average molecular weight is 306 g/mol. The van der Waals surface area contributed by atoms with E-state index < -0.39 is 6.04 Å². The Hall–Kier alpha value is -1.66. The molecule has 0 radical (unpaired) electrons. The number of hydrogen-bond donors (Lipinski definition) is 2. The maximum atomic E-state index is 11.9. The lowest BCUT2D eigenvalue weighted by atomic mass is 9.87. The third-order valence-electron chi connectivity index (χ3n) is 3.22. The summed E-state index contributed by atoms with van der Waals surface area (Å²) in [7, 11) is 1.86. The predicted octanol–water partition coefficient (Wildman–Crippen LogP) is 2.10. The van der Waals surface area contributed by atoms with E-state index in [1.54, 1.807) is 16.0 Å². The van der Waals surface area contributed by atoms with E-state index in [2.05, 4.69) is 31.2 Å². The highest BCUT2D eigenvalue weighted by atomic mass is 32.1. The number of aryl methyl sites for hydroxylation is 1. The lowest BCUT2D eigenvalue weighted by Crippen LogP contribution is -2.34. The first kappa shape index (κ1) is 15.7. The Bertz CT molecular complexity index is 610. The van der Waals surface area contributed by atoms with E-state index in [0.29, 0.717) is 6.54 Å². The average Bonchev–Trinajstić information content (AvgIpc) is 2.98. The maximum absolute atomic E-state index is 11.9. The number of thiophene rings is 1. The summed E-state index contributed by atoms with van der Waals surface area (Å²) in [5.74, 6) is -0.384. The van der Waals surface area contributed by atoms with Crippen LogP contribution in [0.3, 0.4) is 0 Å². The summed E-state index contributed by atoms with van der Waals surface area (Å²) in [6, 6.07) is 3.49. The first-order valence-electron chi connectivity index (χ1n) is 6.88. The van der Waals surface area contributed by atoms with Gasteiger partial charge in [-0.3, -0.25) is 14.8 Å². The molecule has 0 bridgehead atoms. The zero-order valence-corrected chi connectivity index (χ0v) is 13.7. The summed E-state index contributed by atoms with van der Waals surface area (Å²) in [6.45, 7) is 6.85. The van der Waals surface area contributed by atoms with Gasteiger partial charge in [0, 0.05) is 35.6 Å². The molecule has 3 N–H and O–H groups in total. The molecule has 114 valence electrons. The first-order valence-corrected chi connectivity index (χ1v) is 7.76. The Kier molecular flexibility index (Phi) is 4.49. The molecule has 5 nitrogen and oxygen atoms in total. The standard InChI is InChI=1S/C15H22N4OS/c1-15(2,3)13-11(9-19(4)18-13)12(14(16)20)17-8-10-6-5-7-21-10/h5-7,9,12,17H,8H2,1-4H3,(H2,16,20). The highest BCUT2D eigenvalue weighted by molar-refractivity contribution is 7.09. The van der Waals surface area contributed by atoms with Gasteiger partial charge in [-0.05, 0) is 11.4 Å². The molecule has 0 fully saturated rings. The SMILES string of the molecule is Cn1cc(C(NCc2cccs2)C(N)=O)c(C(C)(C)C)n1. The van der Waals surface area contributed by atoms with Gasteiger partial charge in [0.05, 0.1) is 5.69 Å². The minimum Gasteiger partial charge on any atom is -0.368 e. The fraction of sp³-hybridized carbons (Fsp3) is 0.467. The van der Waals surface area contributed by atoms with Crippen molar-refractivity contribution in [3.63, 3.8) is 0 Å². The smallest absolute Gasteiger partial charge is 0.239 e. The fourth-order valence-corrected chi connectivity index (χ4v) is 2.94.